The van der Waals surface area contributed by atoms with Gasteiger partial charge >= 0.3 is 0 Å². The normalized spacial score (nSPS) is 15.9. The summed E-state index contributed by atoms with van der Waals surface area (Å²) < 4.78 is 13.4. The maximum Gasteiger partial charge on any atom is 0.123 e. The Kier molecular flexibility index (Phi) is 4.66. The molecule has 1 atom stereocenters. The summed E-state index contributed by atoms with van der Waals surface area (Å²) in [6, 6.07) is 18.3. The van der Waals surface area contributed by atoms with E-state index in [-0.39, 0.29) is 5.82 Å². The fourth-order valence-corrected chi connectivity index (χ4v) is 2.78. The van der Waals surface area contributed by atoms with Gasteiger partial charge in [-0.2, -0.15) is 0 Å². The van der Waals surface area contributed by atoms with Crippen molar-refractivity contribution < 1.29 is 4.39 Å². The van der Waals surface area contributed by atoms with Gasteiger partial charge in [0.1, 0.15) is 5.82 Å². The molecule has 0 radical (unpaired) electrons. The van der Waals surface area contributed by atoms with Crippen molar-refractivity contribution in [3.63, 3.8) is 0 Å². The van der Waals surface area contributed by atoms with Gasteiger partial charge in [0.25, 0.3) is 0 Å². The second kappa shape index (κ2) is 6.86. The molecule has 1 aliphatic rings. The highest BCUT2D eigenvalue weighted by Gasteiger charge is 2.22. The summed E-state index contributed by atoms with van der Waals surface area (Å²) in [5.74, 6) is 0.371. The zero-order valence-corrected chi connectivity index (χ0v) is 12.3. The smallest absolute Gasteiger partial charge is 0.123 e. The maximum absolute atomic E-state index is 13.4. The van der Waals surface area contributed by atoms with E-state index in [0.29, 0.717) is 5.92 Å². The standard InChI is InChI=1S/C19H22FN/c20-18-8-4-7-16(13-18)12-17(14-21-19-9-10-19)11-15-5-2-1-3-6-15/h1-8,13,17,19,21H,9-12,14H2. The summed E-state index contributed by atoms with van der Waals surface area (Å²) >= 11 is 0. The van der Waals surface area contributed by atoms with Gasteiger partial charge < -0.3 is 5.32 Å². The lowest BCUT2D eigenvalue weighted by Crippen LogP contribution is -2.27. The molecule has 2 aromatic carbocycles. The molecule has 21 heavy (non-hydrogen) atoms. The second-order valence-electron chi connectivity index (χ2n) is 6.07. The second-order valence-corrected chi connectivity index (χ2v) is 6.07. The summed E-state index contributed by atoms with van der Waals surface area (Å²) in [7, 11) is 0. The van der Waals surface area contributed by atoms with Crippen LogP contribution in [0.1, 0.15) is 24.0 Å². The van der Waals surface area contributed by atoms with Gasteiger partial charge in [-0.15, -0.1) is 0 Å². The molecule has 2 heteroatoms. The Morgan fingerprint density at radius 3 is 2.38 bits per heavy atom. The molecule has 1 saturated carbocycles. The van der Waals surface area contributed by atoms with Crippen molar-refractivity contribution in [1.82, 2.24) is 5.32 Å². The first-order valence-electron chi connectivity index (χ1n) is 7.81. The van der Waals surface area contributed by atoms with Gasteiger partial charge in [0, 0.05) is 6.04 Å². The summed E-state index contributed by atoms with van der Waals surface area (Å²) in [4.78, 5) is 0. The minimum Gasteiger partial charge on any atom is -0.314 e. The van der Waals surface area contributed by atoms with E-state index in [1.807, 2.05) is 12.1 Å². The van der Waals surface area contributed by atoms with Crippen LogP contribution in [-0.2, 0) is 12.8 Å². The predicted octanol–water partition coefficient (Wildman–Crippen LogP) is 3.98. The average molecular weight is 283 g/mol. The third kappa shape index (κ3) is 4.68. The van der Waals surface area contributed by atoms with Crippen LogP contribution in [0.4, 0.5) is 4.39 Å². The number of rotatable bonds is 7. The van der Waals surface area contributed by atoms with Gasteiger partial charge in [-0.1, -0.05) is 42.5 Å². The number of halogens is 1. The van der Waals surface area contributed by atoms with Crippen LogP contribution in [0.3, 0.4) is 0 Å². The number of benzene rings is 2. The quantitative estimate of drug-likeness (QED) is 0.810. The van der Waals surface area contributed by atoms with E-state index in [1.165, 1.54) is 24.5 Å². The van der Waals surface area contributed by atoms with Crippen molar-refractivity contribution in [3.8, 4) is 0 Å². The maximum atomic E-state index is 13.4. The van der Waals surface area contributed by atoms with Crippen LogP contribution in [0.5, 0.6) is 0 Å². The van der Waals surface area contributed by atoms with Crippen LogP contribution >= 0.6 is 0 Å². The Hall–Kier alpha value is -1.67. The Morgan fingerprint density at radius 1 is 0.952 bits per heavy atom. The Bertz CT molecular complexity index is 563. The predicted molar refractivity (Wildman–Crippen MR) is 84.8 cm³/mol. The third-order valence-electron chi connectivity index (χ3n) is 4.05. The van der Waals surface area contributed by atoms with E-state index in [1.54, 1.807) is 12.1 Å². The number of hydrogen-bond acceptors (Lipinski definition) is 1. The molecule has 110 valence electrons. The fourth-order valence-electron chi connectivity index (χ4n) is 2.78. The van der Waals surface area contributed by atoms with Crippen LogP contribution < -0.4 is 5.32 Å². The lowest BCUT2D eigenvalue weighted by molar-refractivity contribution is 0.468. The molecule has 1 aliphatic carbocycles. The summed E-state index contributed by atoms with van der Waals surface area (Å²) in [6.45, 7) is 1.01. The lowest BCUT2D eigenvalue weighted by atomic mass is 9.92. The minimum atomic E-state index is -0.138. The van der Waals surface area contributed by atoms with Gasteiger partial charge in [-0.25, -0.2) is 4.39 Å². The highest BCUT2D eigenvalue weighted by Crippen LogP contribution is 2.21. The molecular weight excluding hydrogens is 261 g/mol. The first-order chi connectivity index (χ1) is 10.3. The third-order valence-corrected chi connectivity index (χ3v) is 4.05. The van der Waals surface area contributed by atoms with Crippen molar-refractivity contribution in [2.24, 2.45) is 5.92 Å². The van der Waals surface area contributed by atoms with Crippen molar-refractivity contribution in [2.45, 2.75) is 31.7 Å². The molecule has 3 rings (SSSR count). The van der Waals surface area contributed by atoms with Gasteiger partial charge in [0.15, 0.2) is 0 Å². The van der Waals surface area contributed by atoms with Crippen LogP contribution in [0.15, 0.2) is 54.6 Å². The van der Waals surface area contributed by atoms with E-state index in [4.69, 9.17) is 0 Å². The molecule has 2 aromatic rings. The first kappa shape index (κ1) is 14.3. The Balaban J connectivity index is 1.65. The molecule has 0 aliphatic heterocycles. The van der Waals surface area contributed by atoms with E-state index < -0.39 is 0 Å². The summed E-state index contributed by atoms with van der Waals surface area (Å²) in [6.07, 6.45) is 4.57. The van der Waals surface area contributed by atoms with Crippen LogP contribution in [0.2, 0.25) is 0 Å². The molecule has 0 heterocycles. The zero-order chi connectivity index (χ0) is 14.5. The van der Waals surface area contributed by atoms with E-state index in [0.717, 1.165) is 31.0 Å². The SMILES string of the molecule is Fc1cccc(CC(CNC2CC2)Cc2ccccc2)c1. The van der Waals surface area contributed by atoms with E-state index in [2.05, 4.69) is 29.6 Å². The molecule has 1 unspecified atom stereocenters. The van der Waals surface area contributed by atoms with Crippen molar-refractivity contribution in [3.05, 3.63) is 71.5 Å². The minimum absolute atomic E-state index is 0.138. The molecule has 0 saturated heterocycles. The Labute approximate surface area is 126 Å². The Morgan fingerprint density at radius 2 is 1.67 bits per heavy atom. The topological polar surface area (TPSA) is 12.0 Å². The largest absolute Gasteiger partial charge is 0.314 e. The molecule has 0 bridgehead atoms. The summed E-state index contributed by atoms with van der Waals surface area (Å²) in [5, 5.41) is 3.62. The lowest BCUT2D eigenvalue weighted by Gasteiger charge is -2.18. The van der Waals surface area contributed by atoms with Gasteiger partial charge in [-0.3, -0.25) is 0 Å². The molecular formula is C19H22FN. The number of nitrogens with one attached hydrogen (secondary N) is 1. The highest BCUT2D eigenvalue weighted by molar-refractivity contribution is 5.19. The average Bonchev–Trinajstić information content (AvgIpc) is 3.30. The van der Waals surface area contributed by atoms with Crippen LogP contribution in [-0.4, -0.2) is 12.6 Å². The molecule has 1 nitrogen and oxygen atoms in total. The molecule has 1 fully saturated rings. The van der Waals surface area contributed by atoms with E-state index in [9.17, 15) is 4.39 Å². The van der Waals surface area contributed by atoms with Crippen molar-refractivity contribution in [1.29, 1.82) is 0 Å². The van der Waals surface area contributed by atoms with Gasteiger partial charge in [-0.05, 0) is 61.4 Å². The summed E-state index contributed by atoms with van der Waals surface area (Å²) in [5.41, 5.74) is 2.45. The van der Waals surface area contributed by atoms with Gasteiger partial charge in [0.2, 0.25) is 0 Å². The van der Waals surface area contributed by atoms with Gasteiger partial charge in [0.05, 0.1) is 0 Å². The van der Waals surface area contributed by atoms with Crippen molar-refractivity contribution >= 4 is 0 Å². The molecule has 0 spiro atoms. The monoisotopic (exact) mass is 283 g/mol. The fraction of sp³-hybridized carbons (Fsp3) is 0.368. The van der Waals surface area contributed by atoms with Crippen LogP contribution in [0, 0.1) is 11.7 Å². The van der Waals surface area contributed by atoms with Crippen LogP contribution in [0.25, 0.3) is 0 Å². The first-order valence-corrected chi connectivity index (χ1v) is 7.81. The molecule has 0 aromatic heterocycles. The van der Waals surface area contributed by atoms with Crippen molar-refractivity contribution in [2.75, 3.05) is 6.54 Å². The van der Waals surface area contributed by atoms with E-state index >= 15 is 0 Å². The number of hydrogen-bond donors (Lipinski definition) is 1. The molecule has 1 N–H and O–H groups in total. The molecule has 0 amide bonds. The highest BCUT2D eigenvalue weighted by atomic mass is 19.1. The zero-order valence-electron chi connectivity index (χ0n) is 12.3.